The van der Waals surface area contributed by atoms with Crippen LogP contribution in [0.15, 0.2) is 34.1 Å². The zero-order valence-corrected chi connectivity index (χ0v) is 18.4. The zero-order chi connectivity index (χ0) is 21.5. The second kappa shape index (κ2) is 10.8. The van der Waals surface area contributed by atoms with Gasteiger partial charge in [-0.1, -0.05) is 37.0 Å². The van der Waals surface area contributed by atoms with Gasteiger partial charge in [0.2, 0.25) is 0 Å². The van der Waals surface area contributed by atoms with Gasteiger partial charge in [-0.2, -0.15) is 0 Å². The van der Waals surface area contributed by atoms with Crippen molar-refractivity contribution >= 4 is 56.6 Å². The van der Waals surface area contributed by atoms with Gasteiger partial charge in [0.15, 0.2) is 21.3 Å². The zero-order valence-electron chi connectivity index (χ0n) is 15.3. The summed E-state index contributed by atoms with van der Waals surface area (Å²) >= 11 is 12.8. The van der Waals surface area contributed by atoms with Crippen molar-refractivity contribution in [2.45, 2.75) is 30.6 Å². The highest BCUT2D eigenvalue weighted by atomic mass is 35.5. The predicted octanol–water partition coefficient (Wildman–Crippen LogP) is 4.28. The Balaban J connectivity index is 0.000000283. The van der Waals surface area contributed by atoms with Gasteiger partial charge in [-0.15, -0.1) is 11.8 Å². The molecule has 0 aromatic carbocycles. The first-order valence-electron chi connectivity index (χ1n) is 7.96. The van der Waals surface area contributed by atoms with E-state index in [1.54, 1.807) is 17.8 Å². The summed E-state index contributed by atoms with van der Waals surface area (Å²) in [5.41, 5.74) is -0.0660. The van der Waals surface area contributed by atoms with Crippen molar-refractivity contribution in [3.8, 4) is 0 Å². The maximum Gasteiger partial charge on any atom is 0.355 e. The number of rotatable bonds is 6. The van der Waals surface area contributed by atoms with Gasteiger partial charge in [-0.3, -0.25) is 4.79 Å². The standard InChI is InChI=1S/C9H10ClNOS.C8H8ClNO4S/c1-3-13-7-4-5-8(10)11-9(7)6(2)12;1-2-15(13,14)5-3-4-6(9)10-7(5)8(11)12/h4-5H,3H2,1-2H3;3-4H,2H2,1H3,(H,11,12). The smallest absolute Gasteiger partial charge is 0.355 e. The minimum absolute atomic E-state index is 0.0431. The largest absolute Gasteiger partial charge is 0.476 e. The maximum absolute atomic E-state index is 11.5. The van der Waals surface area contributed by atoms with E-state index in [2.05, 4.69) is 9.97 Å². The predicted molar refractivity (Wildman–Crippen MR) is 110 cm³/mol. The Morgan fingerprint density at radius 3 is 2.04 bits per heavy atom. The number of Topliss-reactive ketones (excluding diaryl/α,β-unsaturated/α-hetero) is 1. The molecule has 2 aromatic rings. The van der Waals surface area contributed by atoms with Crippen LogP contribution in [0.1, 0.15) is 41.7 Å². The first kappa shape index (κ1) is 24.4. The number of pyridine rings is 2. The molecule has 11 heteroatoms. The Labute approximate surface area is 177 Å². The average molecular weight is 465 g/mol. The number of carbonyl (C=O) groups is 2. The fourth-order valence-corrected chi connectivity index (χ4v) is 4.04. The first-order chi connectivity index (χ1) is 13.0. The second-order valence-corrected chi connectivity index (χ2v) is 9.49. The molecule has 0 saturated heterocycles. The van der Waals surface area contributed by atoms with E-state index in [-0.39, 0.29) is 21.6 Å². The number of nitrogens with zero attached hydrogens (tertiary/aromatic N) is 2. The molecule has 2 rings (SSSR count). The van der Waals surface area contributed by atoms with Crippen LogP contribution in [0.2, 0.25) is 10.3 Å². The summed E-state index contributed by atoms with van der Waals surface area (Å²) in [7, 11) is -3.59. The van der Waals surface area contributed by atoms with Crippen LogP contribution in [0.3, 0.4) is 0 Å². The minimum Gasteiger partial charge on any atom is -0.476 e. The lowest BCUT2D eigenvalue weighted by Crippen LogP contribution is -2.12. The topological polar surface area (TPSA) is 114 Å². The molecule has 0 saturated carbocycles. The summed E-state index contributed by atoms with van der Waals surface area (Å²) in [5, 5.41) is 9.08. The third-order valence-corrected chi connectivity index (χ3v) is 6.31. The third kappa shape index (κ3) is 6.73. The van der Waals surface area contributed by atoms with Crippen molar-refractivity contribution in [1.29, 1.82) is 0 Å². The van der Waals surface area contributed by atoms with Crippen molar-refractivity contribution in [2.75, 3.05) is 11.5 Å². The molecule has 1 N–H and O–H groups in total. The van der Waals surface area contributed by atoms with Gasteiger partial charge in [0.05, 0.1) is 5.75 Å². The minimum atomic E-state index is -3.59. The molecule has 0 aliphatic rings. The summed E-state index contributed by atoms with van der Waals surface area (Å²) in [5.74, 6) is -0.719. The number of halogens is 2. The lowest BCUT2D eigenvalue weighted by atomic mass is 10.3. The molecule has 152 valence electrons. The molecule has 2 aromatic heterocycles. The number of carboxylic acid groups (broad SMARTS) is 1. The quantitative estimate of drug-likeness (QED) is 0.382. The molecule has 0 amide bonds. The molecule has 0 fully saturated rings. The molecule has 2 heterocycles. The number of aromatic carboxylic acids is 1. The van der Waals surface area contributed by atoms with Gasteiger partial charge in [-0.25, -0.2) is 23.2 Å². The van der Waals surface area contributed by atoms with Gasteiger partial charge in [0, 0.05) is 11.8 Å². The number of hydrogen-bond acceptors (Lipinski definition) is 7. The Morgan fingerprint density at radius 1 is 1.04 bits per heavy atom. The van der Waals surface area contributed by atoms with E-state index in [1.165, 1.54) is 19.9 Å². The molecule has 0 spiro atoms. The van der Waals surface area contributed by atoms with Crippen LogP contribution in [0.4, 0.5) is 0 Å². The number of sulfone groups is 1. The number of hydrogen-bond donors (Lipinski definition) is 1. The van der Waals surface area contributed by atoms with Gasteiger partial charge >= 0.3 is 5.97 Å². The van der Waals surface area contributed by atoms with E-state index in [0.29, 0.717) is 10.8 Å². The maximum atomic E-state index is 11.5. The number of carbonyl (C=O) groups excluding carboxylic acids is 1. The molecule has 0 radical (unpaired) electrons. The normalized spacial score (nSPS) is 10.8. The Morgan fingerprint density at radius 2 is 1.57 bits per heavy atom. The van der Waals surface area contributed by atoms with Crippen LogP contribution in [0, 0.1) is 0 Å². The molecule has 0 atom stereocenters. The Kier molecular flexibility index (Phi) is 9.35. The first-order valence-corrected chi connectivity index (χ1v) is 11.4. The van der Waals surface area contributed by atoms with Crippen molar-refractivity contribution in [3.63, 3.8) is 0 Å². The molecule has 28 heavy (non-hydrogen) atoms. The average Bonchev–Trinajstić information content (AvgIpc) is 2.63. The Bertz CT molecular complexity index is 982. The van der Waals surface area contributed by atoms with E-state index in [4.69, 9.17) is 28.3 Å². The lowest BCUT2D eigenvalue weighted by molar-refractivity contribution is 0.0685. The van der Waals surface area contributed by atoms with Crippen LogP contribution in [0.25, 0.3) is 0 Å². The highest BCUT2D eigenvalue weighted by Gasteiger charge is 2.22. The molecule has 0 aliphatic heterocycles. The lowest BCUT2D eigenvalue weighted by Gasteiger charge is -2.04. The number of carboxylic acids is 1. The molecule has 0 bridgehead atoms. The fourth-order valence-electron chi connectivity index (χ4n) is 1.93. The van der Waals surface area contributed by atoms with Crippen molar-refractivity contribution in [1.82, 2.24) is 9.97 Å². The SMILES string of the molecule is CCS(=O)(=O)c1ccc(Cl)nc1C(=O)O.CCSc1ccc(Cl)nc1C(C)=O. The summed E-state index contributed by atoms with van der Waals surface area (Å²) in [4.78, 5) is 30.0. The highest BCUT2D eigenvalue weighted by molar-refractivity contribution is 7.99. The van der Waals surface area contributed by atoms with Crippen molar-refractivity contribution in [3.05, 3.63) is 46.0 Å². The number of thioether (sulfide) groups is 1. The molecular formula is C17H18Cl2N2O5S2. The highest BCUT2D eigenvalue weighted by Crippen LogP contribution is 2.23. The Hall–Kier alpha value is -1.68. The van der Waals surface area contributed by atoms with Crippen LogP contribution >= 0.6 is 35.0 Å². The number of aromatic nitrogens is 2. The molecule has 7 nitrogen and oxygen atoms in total. The summed E-state index contributed by atoms with van der Waals surface area (Å²) in [6.45, 7) is 4.96. The van der Waals surface area contributed by atoms with Crippen LogP contribution < -0.4 is 0 Å². The second-order valence-electron chi connectivity index (χ2n) is 5.16. The molecule has 0 unspecified atom stereocenters. The van der Waals surface area contributed by atoms with Crippen LogP contribution in [0.5, 0.6) is 0 Å². The van der Waals surface area contributed by atoms with Crippen LogP contribution in [-0.4, -0.2) is 46.8 Å². The van der Waals surface area contributed by atoms with E-state index < -0.39 is 21.5 Å². The molecular weight excluding hydrogens is 447 g/mol. The monoisotopic (exact) mass is 464 g/mol. The van der Waals surface area contributed by atoms with Gasteiger partial charge in [-0.05, 0) is 30.0 Å². The molecule has 0 aliphatic carbocycles. The van der Waals surface area contributed by atoms with Gasteiger partial charge in [0.1, 0.15) is 20.9 Å². The summed E-state index contributed by atoms with van der Waals surface area (Å²) in [6.07, 6.45) is 0. The van der Waals surface area contributed by atoms with E-state index in [9.17, 15) is 18.0 Å². The fraction of sp³-hybridized carbons (Fsp3) is 0.294. The number of ketones is 1. The van der Waals surface area contributed by atoms with Gasteiger partial charge < -0.3 is 5.11 Å². The summed E-state index contributed by atoms with van der Waals surface area (Å²) < 4.78 is 23.0. The van der Waals surface area contributed by atoms with Gasteiger partial charge in [0.25, 0.3) is 0 Å². The van der Waals surface area contributed by atoms with E-state index in [0.717, 1.165) is 16.7 Å². The third-order valence-electron chi connectivity index (χ3n) is 3.20. The van der Waals surface area contributed by atoms with Crippen molar-refractivity contribution in [2.24, 2.45) is 0 Å². The van der Waals surface area contributed by atoms with Crippen LogP contribution in [-0.2, 0) is 9.84 Å². The van der Waals surface area contributed by atoms with E-state index in [1.807, 2.05) is 13.0 Å². The summed E-state index contributed by atoms with van der Waals surface area (Å²) in [6, 6.07) is 5.93. The van der Waals surface area contributed by atoms with Crippen molar-refractivity contribution < 1.29 is 23.1 Å². The van der Waals surface area contributed by atoms with E-state index >= 15 is 0 Å².